The zero-order chi connectivity index (χ0) is 14.3. The number of nitrogens with zero attached hydrogens (tertiary/aromatic N) is 1. The smallest absolute Gasteiger partial charge is 0.320 e. The van der Waals surface area contributed by atoms with Crippen molar-refractivity contribution in [1.82, 2.24) is 4.57 Å². The van der Waals surface area contributed by atoms with E-state index >= 15 is 0 Å². The molecule has 2 rings (SSSR count). The number of hydrogen-bond donors (Lipinski definition) is 0. The molecule has 0 aromatic carbocycles. The highest BCUT2D eigenvalue weighted by Gasteiger charge is 2.40. The third kappa shape index (κ3) is 3.58. The van der Waals surface area contributed by atoms with E-state index in [0.29, 0.717) is 6.04 Å². The van der Waals surface area contributed by atoms with Crippen LogP contribution in [0.15, 0.2) is 11.6 Å². The van der Waals surface area contributed by atoms with Crippen molar-refractivity contribution in [2.24, 2.45) is 0 Å². The lowest BCUT2D eigenvalue weighted by molar-refractivity contribution is -0.131. The van der Waals surface area contributed by atoms with Gasteiger partial charge in [-0.2, -0.15) is 0 Å². The van der Waals surface area contributed by atoms with E-state index in [0.717, 1.165) is 18.4 Å². The van der Waals surface area contributed by atoms with E-state index in [1.165, 1.54) is 19.0 Å². The van der Waals surface area contributed by atoms with Crippen LogP contribution in [0.25, 0.3) is 0 Å². The normalized spacial score (nSPS) is 27.4. The Hall–Kier alpha value is -0.396. The summed E-state index contributed by atoms with van der Waals surface area (Å²) in [5.74, 6) is -0.0552. The second-order valence-electron chi connectivity index (χ2n) is 7.43. The average molecular weight is 298 g/mol. The highest BCUT2D eigenvalue weighted by molar-refractivity contribution is 6.75. The summed E-state index contributed by atoms with van der Waals surface area (Å²) in [7, 11) is -2.95. The second kappa shape index (κ2) is 5.18. The predicted molar refractivity (Wildman–Crippen MR) is 84.2 cm³/mol. The Morgan fingerprint density at radius 1 is 1.42 bits per heavy atom. The van der Waals surface area contributed by atoms with Crippen LogP contribution in [-0.4, -0.2) is 39.7 Å². The summed E-state index contributed by atoms with van der Waals surface area (Å²) in [5, 5.41) is 0. The molecule has 0 aromatic rings. The molecule has 1 fully saturated rings. The monoisotopic (exact) mass is 297 g/mol. The van der Waals surface area contributed by atoms with Crippen LogP contribution in [0.5, 0.6) is 0 Å². The summed E-state index contributed by atoms with van der Waals surface area (Å²) in [5.41, 5.74) is 0.920. The van der Waals surface area contributed by atoms with Crippen molar-refractivity contribution in [1.29, 1.82) is 0 Å². The predicted octanol–water partition coefficient (Wildman–Crippen LogP) is 3.36. The lowest BCUT2D eigenvalue weighted by Crippen LogP contribution is -2.48. The number of hydrogen-bond acceptors (Lipinski definition) is 3. The van der Waals surface area contributed by atoms with Gasteiger partial charge in [-0.1, -0.05) is 19.2 Å². The Labute approximate surface area is 119 Å². The van der Waals surface area contributed by atoms with Crippen molar-refractivity contribution >= 4 is 22.5 Å². The van der Waals surface area contributed by atoms with Crippen molar-refractivity contribution < 1.29 is 9.22 Å². The summed E-state index contributed by atoms with van der Waals surface area (Å²) in [6, 6.07) is 1.96. The van der Waals surface area contributed by atoms with E-state index < -0.39 is 16.6 Å². The van der Waals surface area contributed by atoms with Crippen molar-refractivity contribution in [2.45, 2.75) is 64.1 Å². The highest BCUT2D eigenvalue weighted by atomic mass is 28.4. The molecule has 0 N–H and O–H groups in total. The molecular weight excluding hydrogens is 270 g/mol. The van der Waals surface area contributed by atoms with E-state index in [-0.39, 0.29) is 5.97 Å². The summed E-state index contributed by atoms with van der Waals surface area (Å²) in [6.07, 6.45) is 5.40. The topological polar surface area (TPSA) is 29.5 Å². The van der Waals surface area contributed by atoms with E-state index in [4.69, 9.17) is 4.43 Å². The first-order valence-electron chi connectivity index (χ1n) is 7.38. The van der Waals surface area contributed by atoms with Crippen molar-refractivity contribution in [2.75, 3.05) is 6.54 Å². The Morgan fingerprint density at radius 3 is 2.63 bits per heavy atom. The molecule has 0 radical (unpaired) electrons. The Kier molecular flexibility index (Phi) is 4.09. The van der Waals surface area contributed by atoms with Crippen LogP contribution in [0.2, 0.25) is 38.8 Å². The van der Waals surface area contributed by atoms with E-state index in [9.17, 15) is 4.79 Å². The molecule has 1 saturated heterocycles. The van der Waals surface area contributed by atoms with Gasteiger partial charge in [0, 0.05) is 11.6 Å². The molecule has 1 atom stereocenters. The van der Waals surface area contributed by atoms with Crippen LogP contribution in [0.1, 0.15) is 19.3 Å². The number of carbonyl (C=O) groups excluding carboxylic acids is 1. The minimum atomic E-state index is -1.76. The standard InChI is InChI=1S/C14H27NO2Si2/c1-18(2,3)17-14(16)12-7-8-13(11-12)15-9-6-10-19(15,4)5/h7,13H,6,8-11H2,1-5H3. The summed E-state index contributed by atoms with van der Waals surface area (Å²) in [6.45, 7) is 12.3. The van der Waals surface area contributed by atoms with Gasteiger partial charge in [0.05, 0.1) is 0 Å². The number of carbonyl (C=O) groups is 1. The maximum Gasteiger partial charge on any atom is 0.320 e. The van der Waals surface area contributed by atoms with Crippen LogP contribution in [-0.2, 0) is 9.22 Å². The Bertz CT molecular complexity index is 399. The number of rotatable bonds is 3. The molecule has 1 aliphatic heterocycles. The largest absolute Gasteiger partial charge is 0.517 e. The zero-order valence-electron chi connectivity index (χ0n) is 13.0. The minimum absolute atomic E-state index is 0.0552. The van der Waals surface area contributed by atoms with Crippen LogP contribution < -0.4 is 0 Å². The molecule has 0 aromatic heterocycles. The molecule has 108 valence electrons. The lowest BCUT2D eigenvalue weighted by atomic mass is 10.2. The average Bonchev–Trinajstić information content (AvgIpc) is 2.80. The van der Waals surface area contributed by atoms with Gasteiger partial charge in [0.25, 0.3) is 0 Å². The van der Waals surface area contributed by atoms with Gasteiger partial charge in [-0.05, 0) is 51.5 Å². The van der Waals surface area contributed by atoms with Crippen LogP contribution in [0, 0.1) is 0 Å². The first-order chi connectivity index (χ1) is 8.69. The van der Waals surface area contributed by atoms with Crippen molar-refractivity contribution in [3.8, 4) is 0 Å². The second-order valence-corrected chi connectivity index (χ2v) is 16.6. The summed E-state index contributed by atoms with van der Waals surface area (Å²) < 4.78 is 8.33. The molecule has 19 heavy (non-hydrogen) atoms. The van der Waals surface area contributed by atoms with Gasteiger partial charge in [0.2, 0.25) is 8.32 Å². The van der Waals surface area contributed by atoms with Crippen LogP contribution >= 0.6 is 0 Å². The molecule has 0 saturated carbocycles. The Morgan fingerprint density at radius 2 is 2.11 bits per heavy atom. The van der Waals surface area contributed by atoms with E-state index in [2.05, 4.69) is 43.4 Å². The first-order valence-corrected chi connectivity index (χ1v) is 13.9. The third-order valence-corrected chi connectivity index (χ3v) is 8.68. The first kappa shape index (κ1) is 15.0. The molecule has 1 unspecified atom stereocenters. The minimum Gasteiger partial charge on any atom is -0.517 e. The molecule has 3 nitrogen and oxygen atoms in total. The van der Waals surface area contributed by atoms with Gasteiger partial charge in [-0.25, -0.2) is 4.79 Å². The maximum absolute atomic E-state index is 12.1. The molecule has 1 heterocycles. The molecule has 5 heteroatoms. The summed E-state index contributed by atoms with van der Waals surface area (Å²) >= 11 is 0. The van der Waals surface area contributed by atoms with Gasteiger partial charge in [-0.15, -0.1) is 0 Å². The molecule has 0 amide bonds. The molecular formula is C14H27NO2Si2. The van der Waals surface area contributed by atoms with Gasteiger partial charge in [0.1, 0.15) is 8.24 Å². The molecule has 2 aliphatic rings. The fourth-order valence-electron chi connectivity index (χ4n) is 3.25. The van der Waals surface area contributed by atoms with Gasteiger partial charge >= 0.3 is 5.97 Å². The third-order valence-electron chi connectivity index (χ3n) is 4.16. The highest BCUT2D eigenvalue weighted by Crippen LogP contribution is 2.34. The maximum atomic E-state index is 12.1. The van der Waals surface area contributed by atoms with Crippen molar-refractivity contribution in [3.63, 3.8) is 0 Å². The van der Waals surface area contributed by atoms with Crippen molar-refractivity contribution in [3.05, 3.63) is 11.6 Å². The van der Waals surface area contributed by atoms with Crippen LogP contribution in [0.3, 0.4) is 0 Å². The Balaban J connectivity index is 1.94. The van der Waals surface area contributed by atoms with Gasteiger partial charge < -0.3 is 8.99 Å². The fraction of sp³-hybridized carbons (Fsp3) is 0.786. The van der Waals surface area contributed by atoms with Gasteiger partial charge in [0.15, 0.2) is 0 Å². The fourth-order valence-corrected chi connectivity index (χ4v) is 7.20. The zero-order valence-corrected chi connectivity index (χ0v) is 15.0. The lowest BCUT2D eigenvalue weighted by Gasteiger charge is -2.35. The van der Waals surface area contributed by atoms with Gasteiger partial charge in [-0.3, -0.25) is 0 Å². The molecule has 0 bridgehead atoms. The quantitative estimate of drug-likeness (QED) is 0.748. The summed E-state index contributed by atoms with van der Waals surface area (Å²) in [4.78, 5) is 12.1. The molecule has 0 spiro atoms. The SMILES string of the molecule is C[Si](C)(C)OC(=O)C1=CCC(N2CCC[Si]2(C)C)C1. The van der Waals surface area contributed by atoms with Crippen LogP contribution in [0.4, 0.5) is 0 Å². The van der Waals surface area contributed by atoms with E-state index in [1.807, 2.05) is 0 Å². The molecule has 1 aliphatic carbocycles. The van der Waals surface area contributed by atoms with E-state index in [1.54, 1.807) is 0 Å².